The van der Waals surface area contributed by atoms with E-state index in [2.05, 4.69) is 56.7 Å². The van der Waals surface area contributed by atoms with E-state index in [1.165, 1.54) is 11.1 Å². The normalized spacial score (nSPS) is 14.5. The van der Waals surface area contributed by atoms with E-state index >= 15 is 0 Å². The average molecular weight is 375 g/mol. The van der Waals surface area contributed by atoms with Gasteiger partial charge in [0.25, 0.3) is 0 Å². The molecule has 1 fully saturated rings. The van der Waals surface area contributed by atoms with Crippen LogP contribution in [-0.4, -0.2) is 27.6 Å². The molecule has 1 aliphatic heterocycles. The van der Waals surface area contributed by atoms with E-state index in [0.29, 0.717) is 11.1 Å². The van der Waals surface area contributed by atoms with Crippen LogP contribution in [0.2, 0.25) is 5.02 Å². The van der Waals surface area contributed by atoms with E-state index in [-0.39, 0.29) is 0 Å². The number of nitrogens with zero attached hydrogens (tertiary/aromatic N) is 4. The lowest BCUT2D eigenvalue weighted by Gasteiger charge is -2.43. The zero-order valence-corrected chi connectivity index (χ0v) is 15.8. The Kier molecular flexibility index (Phi) is 3.87. The van der Waals surface area contributed by atoms with Crippen LogP contribution in [0.3, 0.4) is 0 Å². The fourth-order valence-electron chi connectivity index (χ4n) is 3.83. The van der Waals surface area contributed by atoms with E-state index in [9.17, 15) is 0 Å². The molecule has 5 heteroatoms. The molecule has 1 aliphatic rings. The molecule has 0 unspecified atom stereocenters. The van der Waals surface area contributed by atoms with Crippen molar-refractivity contribution in [3.63, 3.8) is 0 Å². The first-order valence-electron chi connectivity index (χ1n) is 9.08. The maximum absolute atomic E-state index is 6.55. The van der Waals surface area contributed by atoms with Gasteiger partial charge in [-0.1, -0.05) is 48.0 Å². The lowest BCUT2D eigenvalue weighted by Crippen LogP contribution is -2.48. The third-order valence-corrected chi connectivity index (χ3v) is 5.54. The van der Waals surface area contributed by atoms with Crippen molar-refractivity contribution in [3.05, 3.63) is 77.8 Å². The van der Waals surface area contributed by atoms with Crippen LogP contribution >= 0.6 is 11.6 Å². The predicted molar refractivity (Wildman–Crippen MR) is 110 cm³/mol. The number of fused-ring (bicyclic) bond motifs is 1. The minimum atomic E-state index is 0.394. The Morgan fingerprint density at radius 3 is 2.67 bits per heavy atom. The molecule has 0 bridgehead atoms. The SMILES string of the molecule is Cc1ccc2c(c1)ncn2C1CN(c2c(Cl)cncc2-c2ccccc2)C1. The van der Waals surface area contributed by atoms with Crippen LogP contribution in [0.15, 0.2) is 67.3 Å². The van der Waals surface area contributed by atoms with Gasteiger partial charge in [0.05, 0.1) is 34.1 Å². The molecule has 0 radical (unpaired) electrons. The zero-order valence-electron chi connectivity index (χ0n) is 15.0. The van der Waals surface area contributed by atoms with Crippen molar-refractivity contribution in [2.45, 2.75) is 13.0 Å². The van der Waals surface area contributed by atoms with Crippen LogP contribution in [0.5, 0.6) is 0 Å². The Labute approximate surface area is 163 Å². The van der Waals surface area contributed by atoms with Gasteiger partial charge in [-0.3, -0.25) is 4.98 Å². The van der Waals surface area contributed by atoms with E-state index in [0.717, 1.165) is 35.4 Å². The predicted octanol–water partition coefficient (Wildman–Crippen LogP) is 5.12. The van der Waals surface area contributed by atoms with Crippen LogP contribution in [0.4, 0.5) is 5.69 Å². The van der Waals surface area contributed by atoms with Gasteiger partial charge in [0.2, 0.25) is 0 Å². The number of rotatable bonds is 3. The highest BCUT2D eigenvalue weighted by molar-refractivity contribution is 6.33. The monoisotopic (exact) mass is 374 g/mol. The van der Waals surface area contributed by atoms with Gasteiger partial charge in [-0.25, -0.2) is 4.98 Å². The Morgan fingerprint density at radius 2 is 1.85 bits per heavy atom. The average Bonchev–Trinajstić information content (AvgIpc) is 3.05. The number of anilines is 1. The summed E-state index contributed by atoms with van der Waals surface area (Å²) in [7, 11) is 0. The third-order valence-electron chi connectivity index (χ3n) is 5.26. The second kappa shape index (κ2) is 6.39. The first-order chi connectivity index (χ1) is 13.2. The number of benzene rings is 2. The minimum Gasteiger partial charge on any atom is -0.365 e. The number of aromatic nitrogens is 3. The van der Waals surface area contributed by atoms with Crippen molar-refractivity contribution in [1.82, 2.24) is 14.5 Å². The molecule has 4 nitrogen and oxygen atoms in total. The molecule has 2 aromatic heterocycles. The molecule has 0 spiro atoms. The summed E-state index contributed by atoms with van der Waals surface area (Å²) in [6.07, 6.45) is 5.59. The molecule has 27 heavy (non-hydrogen) atoms. The van der Waals surface area contributed by atoms with E-state index in [1.54, 1.807) is 6.20 Å². The summed E-state index contributed by atoms with van der Waals surface area (Å²) in [4.78, 5) is 11.2. The Morgan fingerprint density at radius 1 is 1.04 bits per heavy atom. The van der Waals surface area contributed by atoms with Crippen LogP contribution < -0.4 is 4.90 Å². The lowest BCUT2D eigenvalue weighted by atomic mass is 10.0. The minimum absolute atomic E-state index is 0.394. The summed E-state index contributed by atoms with van der Waals surface area (Å²) in [6, 6.07) is 17.1. The van der Waals surface area contributed by atoms with E-state index in [4.69, 9.17) is 11.6 Å². The van der Waals surface area contributed by atoms with E-state index in [1.807, 2.05) is 30.7 Å². The van der Waals surface area contributed by atoms with Gasteiger partial charge in [0.15, 0.2) is 0 Å². The molecule has 0 saturated carbocycles. The number of hydrogen-bond donors (Lipinski definition) is 0. The third kappa shape index (κ3) is 2.77. The molecular weight excluding hydrogens is 356 g/mol. The molecule has 1 saturated heterocycles. The molecule has 3 heterocycles. The Hall–Kier alpha value is -2.85. The molecule has 134 valence electrons. The maximum atomic E-state index is 6.55. The number of halogens is 1. The van der Waals surface area contributed by atoms with E-state index < -0.39 is 0 Å². The molecule has 4 aromatic rings. The summed E-state index contributed by atoms with van der Waals surface area (Å²) in [5.74, 6) is 0. The first kappa shape index (κ1) is 16.3. The highest BCUT2D eigenvalue weighted by atomic mass is 35.5. The van der Waals surface area contributed by atoms with Gasteiger partial charge in [0, 0.05) is 31.0 Å². The Balaban J connectivity index is 1.46. The van der Waals surface area contributed by atoms with Gasteiger partial charge in [0.1, 0.15) is 0 Å². The van der Waals surface area contributed by atoms with Crippen molar-refractivity contribution >= 4 is 28.3 Å². The summed E-state index contributed by atoms with van der Waals surface area (Å²) < 4.78 is 2.28. The number of aryl methyl sites for hydroxylation is 1. The molecule has 0 atom stereocenters. The molecule has 2 aromatic carbocycles. The first-order valence-corrected chi connectivity index (χ1v) is 9.45. The number of imidazole rings is 1. The molecule has 0 amide bonds. The van der Waals surface area contributed by atoms with Gasteiger partial charge in [-0.05, 0) is 30.2 Å². The van der Waals surface area contributed by atoms with Crippen molar-refractivity contribution in [3.8, 4) is 11.1 Å². The lowest BCUT2D eigenvalue weighted by molar-refractivity contribution is 0.408. The fraction of sp³-hybridized carbons (Fsp3) is 0.182. The molecule has 5 rings (SSSR count). The summed E-state index contributed by atoms with van der Waals surface area (Å²) in [5, 5.41) is 0.695. The molecule has 0 aliphatic carbocycles. The zero-order chi connectivity index (χ0) is 18.4. The van der Waals surface area contributed by atoms with Crippen molar-refractivity contribution < 1.29 is 0 Å². The van der Waals surface area contributed by atoms with Gasteiger partial charge >= 0.3 is 0 Å². The highest BCUT2D eigenvalue weighted by Crippen LogP contribution is 2.40. The topological polar surface area (TPSA) is 34.0 Å². The fourth-order valence-corrected chi connectivity index (χ4v) is 4.10. The molecule has 0 N–H and O–H groups in total. The molecular formula is C22H19ClN4. The summed E-state index contributed by atoms with van der Waals surface area (Å²) >= 11 is 6.55. The quantitative estimate of drug-likeness (QED) is 0.499. The maximum Gasteiger partial charge on any atom is 0.0962 e. The number of pyridine rings is 1. The largest absolute Gasteiger partial charge is 0.365 e. The van der Waals surface area contributed by atoms with Gasteiger partial charge in [-0.15, -0.1) is 0 Å². The van der Waals surface area contributed by atoms with Crippen LogP contribution in [0, 0.1) is 6.92 Å². The van der Waals surface area contributed by atoms with Crippen molar-refractivity contribution in [1.29, 1.82) is 0 Å². The second-order valence-corrected chi connectivity index (χ2v) is 7.49. The van der Waals surface area contributed by atoms with Crippen molar-refractivity contribution in [2.75, 3.05) is 18.0 Å². The van der Waals surface area contributed by atoms with Gasteiger partial charge in [-0.2, -0.15) is 0 Å². The van der Waals surface area contributed by atoms with Crippen LogP contribution in [0.25, 0.3) is 22.2 Å². The standard InChI is InChI=1S/C22H19ClN4/c1-15-7-8-21-20(9-15)25-14-27(21)17-12-26(13-17)22-18(10-24-11-19(22)23)16-5-3-2-4-6-16/h2-11,14,17H,12-13H2,1H3. The smallest absolute Gasteiger partial charge is 0.0962 e. The summed E-state index contributed by atoms with van der Waals surface area (Å²) in [5.41, 5.74) is 6.75. The number of hydrogen-bond acceptors (Lipinski definition) is 3. The summed E-state index contributed by atoms with van der Waals surface area (Å²) in [6.45, 7) is 3.91. The van der Waals surface area contributed by atoms with Crippen molar-refractivity contribution in [2.24, 2.45) is 0 Å². The second-order valence-electron chi connectivity index (χ2n) is 7.09. The highest BCUT2D eigenvalue weighted by Gasteiger charge is 2.32. The Bertz CT molecular complexity index is 1110. The van der Waals surface area contributed by atoms with Crippen LogP contribution in [-0.2, 0) is 0 Å². The van der Waals surface area contributed by atoms with Gasteiger partial charge < -0.3 is 9.47 Å². The van der Waals surface area contributed by atoms with Crippen LogP contribution in [0.1, 0.15) is 11.6 Å².